The van der Waals surface area contributed by atoms with Gasteiger partial charge in [0.1, 0.15) is 0 Å². The van der Waals surface area contributed by atoms with Crippen molar-refractivity contribution in [3.63, 3.8) is 0 Å². The first-order valence-corrected chi connectivity index (χ1v) is 7.98. The summed E-state index contributed by atoms with van der Waals surface area (Å²) >= 11 is 5.20. The summed E-state index contributed by atoms with van der Waals surface area (Å²) in [6, 6.07) is 0. The number of allylic oxidation sites excluding steroid dienone is 2. The summed E-state index contributed by atoms with van der Waals surface area (Å²) in [5.41, 5.74) is 5.58. The number of hydrogen-bond donors (Lipinski definition) is 2. The molecule has 0 heterocycles. The standard InChI is InChI=1S/C15H27N3S/c1-3-5-7-9-13-10-8-11-14(13)17-18-15(19)16-12-6-4-2/h10H,3-9,11-12H2,1-2H3,(H2,16,18,19)/b17-14-. The molecule has 19 heavy (non-hydrogen) atoms. The fourth-order valence-corrected chi connectivity index (χ4v) is 2.29. The molecular weight excluding hydrogens is 254 g/mol. The van der Waals surface area contributed by atoms with Crippen LogP contribution >= 0.6 is 12.2 Å². The lowest BCUT2D eigenvalue weighted by molar-refractivity contribution is 0.721. The maximum atomic E-state index is 5.20. The molecule has 0 fully saturated rings. The van der Waals surface area contributed by atoms with Gasteiger partial charge in [-0.2, -0.15) is 5.10 Å². The molecule has 0 aliphatic heterocycles. The van der Waals surface area contributed by atoms with Crippen LogP contribution in [0.15, 0.2) is 16.8 Å². The van der Waals surface area contributed by atoms with Crippen LogP contribution < -0.4 is 10.7 Å². The van der Waals surface area contributed by atoms with E-state index in [9.17, 15) is 0 Å². The summed E-state index contributed by atoms with van der Waals surface area (Å²) in [4.78, 5) is 0. The number of nitrogens with zero attached hydrogens (tertiary/aromatic N) is 1. The average molecular weight is 281 g/mol. The zero-order valence-electron chi connectivity index (χ0n) is 12.3. The lowest BCUT2D eigenvalue weighted by Gasteiger charge is -2.08. The Morgan fingerprint density at radius 1 is 1.26 bits per heavy atom. The van der Waals surface area contributed by atoms with E-state index >= 15 is 0 Å². The first-order valence-electron chi connectivity index (χ1n) is 7.57. The van der Waals surface area contributed by atoms with E-state index in [0.29, 0.717) is 5.11 Å². The van der Waals surface area contributed by atoms with E-state index in [-0.39, 0.29) is 0 Å². The van der Waals surface area contributed by atoms with Gasteiger partial charge in [0.2, 0.25) is 0 Å². The van der Waals surface area contributed by atoms with Crippen LogP contribution in [0.4, 0.5) is 0 Å². The van der Waals surface area contributed by atoms with Crippen molar-refractivity contribution < 1.29 is 0 Å². The Labute approximate surface area is 122 Å². The van der Waals surface area contributed by atoms with Crippen molar-refractivity contribution in [2.24, 2.45) is 5.10 Å². The van der Waals surface area contributed by atoms with Gasteiger partial charge in [-0.05, 0) is 49.9 Å². The van der Waals surface area contributed by atoms with Gasteiger partial charge in [0.05, 0.1) is 5.71 Å². The van der Waals surface area contributed by atoms with Crippen LogP contribution in [0.2, 0.25) is 0 Å². The Kier molecular flexibility index (Phi) is 8.47. The Morgan fingerprint density at radius 2 is 2.05 bits per heavy atom. The summed E-state index contributed by atoms with van der Waals surface area (Å²) in [6.45, 7) is 5.33. The lowest BCUT2D eigenvalue weighted by Crippen LogP contribution is -2.33. The van der Waals surface area contributed by atoms with E-state index in [1.165, 1.54) is 37.0 Å². The topological polar surface area (TPSA) is 36.4 Å². The quantitative estimate of drug-likeness (QED) is 0.402. The smallest absolute Gasteiger partial charge is 0.186 e. The van der Waals surface area contributed by atoms with Gasteiger partial charge in [-0.15, -0.1) is 0 Å². The van der Waals surface area contributed by atoms with Crippen molar-refractivity contribution in [1.29, 1.82) is 0 Å². The third kappa shape index (κ3) is 6.71. The third-order valence-corrected chi connectivity index (χ3v) is 3.54. The number of hydrogen-bond acceptors (Lipinski definition) is 2. The Bertz CT molecular complexity index is 334. The molecule has 1 rings (SSSR count). The highest BCUT2D eigenvalue weighted by atomic mass is 32.1. The van der Waals surface area contributed by atoms with Crippen molar-refractivity contribution in [1.82, 2.24) is 10.7 Å². The first-order chi connectivity index (χ1) is 9.27. The second-order valence-corrected chi connectivity index (χ2v) is 5.41. The number of rotatable bonds is 8. The maximum Gasteiger partial charge on any atom is 0.186 e. The molecule has 0 aromatic heterocycles. The van der Waals surface area contributed by atoms with Crippen LogP contribution in [0.3, 0.4) is 0 Å². The predicted octanol–water partition coefficient (Wildman–Crippen LogP) is 3.91. The van der Waals surface area contributed by atoms with Gasteiger partial charge in [0.25, 0.3) is 0 Å². The van der Waals surface area contributed by atoms with E-state index in [4.69, 9.17) is 12.2 Å². The molecule has 0 aromatic rings. The fourth-order valence-electron chi connectivity index (χ4n) is 2.14. The third-order valence-electron chi connectivity index (χ3n) is 3.30. The van der Waals surface area contributed by atoms with Gasteiger partial charge in [0, 0.05) is 6.54 Å². The van der Waals surface area contributed by atoms with Gasteiger partial charge >= 0.3 is 0 Å². The summed E-state index contributed by atoms with van der Waals surface area (Å²) in [5, 5.41) is 8.26. The highest BCUT2D eigenvalue weighted by molar-refractivity contribution is 7.80. The highest BCUT2D eigenvalue weighted by Crippen LogP contribution is 2.20. The molecule has 0 atom stereocenters. The second-order valence-electron chi connectivity index (χ2n) is 5.00. The molecule has 2 N–H and O–H groups in total. The Balaban J connectivity index is 2.30. The van der Waals surface area contributed by atoms with Crippen molar-refractivity contribution in [2.45, 2.75) is 65.2 Å². The zero-order valence-corrected chi connectivity index (χ0v) is 13.1. The minimum atomic E-state index is 0.640. The molecular formula is C15H27N3S. The van der Waals surface area contributed by atoms with Gasteiger partial charge in [0.15, 0.2) is 5.11 Å². The minimum absolute atomic E-state index is 0.640. The summed E-state index contributed by atoms with van der Waals surface area (Å²) in [5.74, 6) is 0. The van der Waals surface area contributed by atoms with Gasteiger partial charge in [-0.3, -0.25) is 5.43 Å². The van der Waals surface area contributed by atoms with E-state index in [0.717, 1.165) is 32.2 Å². The fraction of sp³-hybridized carbons (Fsp3) is 0.733. The summed E-state index contributed by atoms with van der Waals surface area (Å²) in [7, 11) is 0. The van der Waals surface area contributed by atoms with E-state index in [2.05, 4.69) is 35.8 Å². The van der Waals surface area contributed by atoms with Crippen molar-refractivity contribution in [3.8, 4) is 0 Å². The molecule has 0 amide bonds. The Morgan fingerprint density at radius 3 is 2.79 bits per heavy atom. The molecule has 0 unspecified atom stereocenters. The van der Waals surface area contributed by atoms with Crippen molar-refractivity contribution in [2.75, 3.05) is 6.54 Å². The van der Waals surface area contributed by atoms with Crippen molar-refractivity contribution in [3.05, 3.63) is 11.6 Å². The minimum Gasteiger partial charge on any atom is -0.361 e. The van der Waals surface area contributed by atoms with Crippen LogP contribution in [-0.2, 0) is 0 Å². The monoisotopic (exact) mass is 281 g/mol. The summed E-state index contributed by atoms with van der Waals surface area (Å²) in [6.07, 6.45) is 11.8. The molecule has 0 aromatic carbocycles. The number of nitrogens with one attached hydrogen (secondary N) is 2. The summed E-state index contributed by atoms with van der Waals surface area (Å²) < 4.78 is 0. The van der Waals surface area contributed by atoms with E-state index in [1.807, 2.05) is 0 Å². The molecule has 0 bridgehead atoms. The number of thiocarbonyl (C=S) groups is 1. The normalized spacial score (nSPS) is 16.5. The molecule has 108 valence electrons. The van der Waals surface area contributed by atoms with E-state index in [1.54, 1.807) is 0 Å². The predicted molar refractivity (Wildman–Crippen MR) is 87.5 cm³/mol. The molecule has 1 aliphatic carbocycles. The van der Waals surface area contributed by atoms with Crippen LogP contribution in [0, 0.1) is 0 Å². The molecule has 0 radical (unpaired) electrons. The van der Waals surface area contributed by atoms with Gasteiger partial charge in [-0.25, -0.2) is 0 Å². The number of unbranched alkanes of at least 4 members (excludes halogenated alkanes) is 3. The second kappa shape index (κ2) is 9.96. The average Bonchev–Trinajstić information content (AvgIpc) is 2.85. The van der Waals surface area contributed by atoms with E-state index < -0.39 is 0 Å². The Hall–Kier alpha value is -0.900. The van der Waals surface area contributed by atoms with Crippen molar-refractivity contribution >= 4 is 23.0 Å². The first kappa shape index (κ1) is 16.2. The largest absolute Gasteiger partial charge is 0.361 e. The maximum absolute atomic E-state index is 5.20. The number of hydrazone groups is 1. The lowest BCUT2D eigenvalue weighted by atomic mass is 10.1. The molecule has 3 nitrogen and oxygen atoms in total. The molecule has 1 aliphatic rings. The highest BCUT2D eigenvalue weighted by Gasteiger charge is 2.12. The van der Waals surface area contributed by atoms with Gasteiger partial charge in [-0.1, -0.05) is 39.2 Å². The molecule has 0 saturated carbocycles. The van der Waals surface area contributed by atoms with Crippen LogP contribution in [0.5, 0.6) is 0 Å². The zero-order chi connectivity index (χ0) is 13.9. The van der Waals surface area contributed by atoms with Crippen LogP contribution in [0.1, 0.15) is 65.2 Å². The molecule has 4 heteroatoms. The van der Waals surface area contributed by atoms with Gasteiger partial charge < -0.3 is 5.32 Å². The SMILES string of the molecule is CCCCCC1=CCC/C1=N/NC(=S)NCCCC. The van der Waals surface area contributed by atoms with Crippen LogP contribution in [0.25, 0.3) is 0 Å². The molecule has 0 saturated heterocycles. The molecule has 0 spiro atoms. The van der Waals surface area contributed by atoms with Crippen LogP contribution in [-0.4, -0.2) is 17.4 Å².